The van der Waals surface area contributed by atoms with E-state index < -0.39 is 5.97 Å². The molecule has 6 heteroatoms. The number of phenolic OH excluding ortho intramolecular Hbond substituents is 1. The second-order valence-corrected chi connectivity index (χ2v) is 5.96. The maximum absolute atomic E-state index is 13.3. The van der Waals surface area contributed by atoms with Crippen LogP contribution in [0.4, 0.5) is 4.39 Å². The van der Waals surface area contributed by atoms with Crippen molar-refractivity contribution in [2.24, 2.45) is 0 Å². The lowest BCUT2D eigenvalue weighted by Crippen LogP contribution is -2.02. The van der Waals surface area contributed by atoms with Crippen molar-refractivity contribution in [1.82, 2.24) is 0 Å². The number of hydrogen-bond donors (Lipinski definition) is 1. The number of rotatable bonds is 3. The van der Waals surface area contributed by atoms with Crippen molar-refractivity contribution in [2.45, 2.75) is 0 Å². The first-order chi connectivity index (χ1) is 13.0. The molecule has 0 atom stereocenters. The highest BCUT2D eigenvalue weighted by molar-refractivity contribution is 6.20. The second kappa shape index (κ2) is 6.32. The zero-order valence-electron chi connectivity index (χ0n) is 14.6. The van der Waals surface area contributed by atoms with E-state index in [0.29, 0.717) is 38.8 Å². The maximum atomic E-state index is 13.3. The van der Waals surface area contributed by atoms with Gasteiger partial charge in [0.2, 0.25) is 0 Å². The molecule has 0 spiro atoms. The smallest absolute Gasteiger partial charge is 0.342 e. The Bertz CT molecular complexity index is 1180. The van der Waals surface area contributed by atoms with Gasteiger partial charge in [-0.25, -0.2) is 9.18 Å². The Hall–Kier alpha value is -3.54. The van der Waals surface area contributed by atoms with E-state index in [1.807, 2.05) is 0 Å². The first-order valence-electron chi connectivity index (χ1n) is 8.14. The van der Waals surface area contributed by atoms with Crippen LogP contribution < -0.4 is 4.74 Å². The Labute approximate surface area is 153 Å². The second-order valence-electron chi connectivity index (χ2n) is 5.96. The van der Waals surface area contributed by atoms with Crippen molar-refractivity contribution >= 4 is 27.9 Å². The lowest BCUT2D eigenvalue weighted by Gasteiger charge is -2.09. The van der Waals surface area contributed by atoms with Crippen molar-refractivity contribution in [1.29, 1.82) is 0 Å². The van der Waals surface area contributed by atoms with Gasteiger partial charge in [-0.2, -0.15) is 0 Å². The summed E-state index contributed by atoms with van der Waals surface area (Å²) >= 11 is 0. The number of phenols is 1. The third kappa shape index (κ3) is 2.57. The van der Waals surface area contributed by atoms with Crippen LogP contribution in [0.2, 0.25) is 0 Å². The predicted octanol–water partition coefficient (Wildman–Crippen LogP) is 4.89. The molecular formula is C21H15FO5. The molecule has 0 saturated heterocycles. The molecule has 0 saturated carbocycles. The number of furan rings is 1. The average Bonchev–Trinajstić information content (AvgIpc) is 3.07. The summed E-state index contributed by atoms with van der Waals surface area (Å²) in [5, 5.41) is 11.6. The maximum Gasteiger partial charge on any atom is 0.342 e. The summed E-state index contributed by atoms with van der Waals surface area (Å²) in [7, 11) is 2.76. The summed E-state index contributed by atoms with van der Waals surface area (Å²) in [6, 6.07) is 12.5. The van der Waals surface area contributed by atoms with Gasteiger partial charge >= 0.3 is 5.97 Å². The van der Waals surface area contributed by atoms with E-state index in [-0.39, 0.29) is 17.1 Å². The van der Waals surface area contributed by atoms with Gasteiger partial charge in [0.15, 0.2) is 11.3 Å². The number of carbonyl (C=O) groups excluding carboxylic acids is 1. The number of aromatic hydroxyl groups is 1. The van der Waals surface area contributed by atoms with E-state index in [9.17, 15) is 14.3 Å². The van der Waals surface area contributed by atoms with Gasteiger partial charge in [-0.15, -0.1) is 0 Å². The van der Waals surface area contributed by atoms with Gasteiger partial charge in [-0.3, -0.25) is 0 Å². The van der Waals surface area contributed by atoms with Crippen LogP contribution in [0.3, 0.4) is 0 Å². The predicted molar refractivity (Wildman–Crippen MR) is 98.7 cm³/mol. The number of halogens is 1. The largest absolute Gasteiger partial charge is 0.507 e. The number of carbonyl (C=O) groups is 1. The van der Waals surface area contributed by atoms with Crippen molar-refractivity contribution in [3.05, 3.63) is 59.9 Å². The van der Waals surface area contributed by atoms with Gasteiger partial charge in [0.25, 0.3) is 0 Å². The van der Waals surface area contributed by atoms with Crippen LogP contribution in [-0.4, -0.2) is 25.3 Å². The summed E-state index contributed by atoms with van der Waals surface area (Å²) in [6.45, 7) is 0. The van der Waals surface area contributed by atoms with Gasteiger partial charge in [0.05, 0.1) is 14.2 Å². The van der Waals surface area contributed by atoms with E-state index in [1.165, 1.54) is 32.4 Å². The zero-order chi connectivity index (χ0) is 19.1. The highest BCUT2D eigenvalue weighted by atomic mass is 19.1. The van der Waals surface area contributed by atoms with Gasteiger partial charge < -0.3 is 19.0 Å². The third-order valence-corrected chi connectivity index (χ3v) is 4.48. The Morgan fingerprint density at radius 1 is 1.07 bits per heavy atom. The van der Waals surface area contributed by atoms with Crippen LogP contribution in [-0.2, 0) is 4.74 Å². The standard InChI is InChI=1S/C21H15FO5/c1-25-16-5-3-4-13-17-18(21(24)26-2)15(23)10-14(20(17)27-19(13)16)11-6-8-12(22)9-7-11/h3-10,23H,1-2H3. The molecule has 27 heavy (non-hydrogen) atoms. The molecule has 3 aromatic carbocycles. The first kappa shape index (κ1) is 16.9. The molecule has 0 aliphatic carbocycles. The van der Waals surface area contributed by atoms with E-state index in [4.69, 9.17) is 13.9 Å². The molecule has 0 aliphatic rings. The van der Waals surface area contributed by atoms with Crippen LogP contribution in [0.5, 0.6) is 11.5 Å². The van der Waals surface area contributed by atoms with Gasteiger partial charge in [0, 0.05) is 16.3 Å². The molecule has 0 aliphatic heterocycles. The molecular weight excluding hydrogens is 351 g/mol. The number of methoxy groups -OCH3 is 2. The number of esters is 1. The molecule has 1 heterocycles. The van der Waals surface area contributed by atoms with Crippen LogP contribution in [0.25, 0.3) is 33.1 Å². The van der Waals surface area contributed by atoms with Crippen LogP contribution >= 0.6 is 0 Å². The van der Waals surface area contributed by atoms with Gasteiger partial charge in [-0.1, -0.05) is 24.3 Å². The Morgan fingerprint density at radius 2 is 1.81 bits per heavy atom. The summed E-state index contributed by atoms with van der Waals surface area (Å²) in [5.74, 6) is -0.825. The summed E-state index contributed by atoms with van der Waals surface area (Å²) in [5.41, 5.74) is 1.97. The number of fused-ring (bicyclic) bond motifs is 3. The van der Waals surface area contributed by atoms with E-state index in [2.05, 4.69) is 0 Å². The topological polar surface area (TPSA) is 68.9 Å². The molecule has 0 radical (unpaired) electrons. The Morgan fingerprint density at radius 3 is 2.48 bits per heavy atom. The van der Waals surface area contributed by atoms with Crippen LogP contribution in [0.1, 0.15) is 10.4 Å². The molecule has 1 aromatic heterocycles. The fourth-order valence-corrected chi connectivity index (χ4v) is 3.25. The van der Waals surface area contributed by atoms with Crippen LogP contribution in [0.15, 0.2) is 52.9 Å². The molecule has 4 aromatic rings. The van der Waals surface area contributed by atoms with Gasteiger partial charge in [-0.05, 0) is 29.8 Å². The molecule has 5 nitrogen and oxygen atoms in total. The lowest BCUT2D eigenvalue weighted by molar-refractivity contribution is 0.0600. The highest BCUT2D eigenvalue weighted by Gasteiger charge is 2.25. The number of benzene rings is 3. The highest BCUT2D eigenvalue weighted by Crippen LogP contribution is 2.44. The first-order valence-corrected chi connectivity index (χ1v) is 8.14. The normalized spacial score (nSPS) is 11.1. The molecule has 4 rings (SSSR count). The average molecular weight is 366 g/mol. The minimum atomic E-state index is -0.686. The van der Waals surface area contributed by atoms with Crippen molar-refractivity contribution < 1.29 is 28.2 Å². The summed E-state index contributed by atoms with van der Waals surface area (Å²) in [6.07, 6.45) is 0. The van der Waals surface area contributed by atoms with E-state index in [1.54, 1.807) is 30.3 Å². The molecule has 0 amide bonds. The van der Waals surface area contributed by atoms with Crippen LogP contribution in [0, 0.1) is 5.82 Å². The fraction of sp³-hybridized carbons (Fsp3) is 0.0952. The summed E-state index contributed by atoms with van der Waals surface area (Å²) < 4.78 is 29.6. The SMILES string of the molecule is COC(=O)c1c(O)cc(-c2ccc(F)cc2)c2oc3c(OC)cccc3c12. The molecule has 0 bridgehead atoms. The minimum Gasteiger partial charge on any atom is -0.507 e. The summed E-state index contributed by atoms with van der Waals surface area (Å²) in [4.78, 5) is 12.3. The molecule has 136 valence electrons. The number of hydrogen-bond acceptors (Lipinski definition) is 5. The van der Waals surface area contributed by atoms with Crippen molar-refractivity contribution in [2.75, 3.05) is 14.2 Å². The van der Waals surface area contributed by atoms with E-state index in [0.717, 1.165) is 0 Å². The minimum absolute atomic E-state index is 0.00497. The number of para-hydroxylation sites is 1. The third-order valence-electron chi connectivity index (χ3n) is 4.48. The zero-order valence-corrected chi connectivity index (χ0v) is 14.6. The Balaban J connectivity index is 2.18. The molecule has 0 unspecified atom stereocenters. The monoisotopic (exact) mass is 366 g/mol. The quantitative estimate of drug-likeness (QED) is 0.523. The molecule has 1 N–H and O–H groups in total. The lowest BCUT2D eigenvalue weighted by atomic mass is 9.97. The van der Waals surface area contributed by atoms with Crippen molar-refractivity contribution in [3.63, 3.8) is 0 Å². The fourth-order valence-electron chi connectivity index (χ4n) is 3.25. The van der Waals surface area contributed by atoms with E-state index >= 15 is 0 Å². The van der Waals surface area contributed by atoms with Crippen molar-refractivity contribution in [3.8, 4) is 22.6 Å². The molecule has 0 fully saturated rings. The van der Waals surface area contributed by atoms with Gasteiger partial charge in [0.1, 0.15) is 22.7 Å². The number of ether oxygens (including phenoxy) is 2. The Kier molecular flexibility index (Phi) is 3.96.